The lowest BCUT2D eigenvalue weighted by Crippen LogP contribution is -2.45. The van der Waals surface area contributed by atoms with Crippen molar-refractivity contribution in [1.29, 1.82) is 0 Å². The van der Waals surface area contributed by atoms with Crippen LogP contribution < -0.4 is 0 Å². The van der Waals surface area contributed by atoms with Gasteiger partial charge in [0, 0.05) is 6.61 Å². The normalized spacial score (nSPS) is 11.7. The number of rotatable bonds is 48. The Balaban J connectivity index is 0. The Labute approximate surface area is 333 Å². The molecule has 0 aromatic carbocycles. The molecule has 0 aromatic heterocycles. The van der Waals surface area contributed by atoms with Crippen molar-refractivity contribution in [3.63, 3.8) is 0 Å². The molecule has 0 radical (unpaired) electrons. The summed E-state index contributed by atoms with van der Waals surface area (Å²) in [5.41, 5.74) is 0. The summed E-state index contributed by atoms with van der Waals surface area (Å²) >= 11 is 0. The predicted octanol–water partition coefficient (Wildman–Crippen LogP) is -1.71. The average molecular weight is 829 g/mol. The van der Waals surface area contributed by atoms with Crippen LogP contribution in [-0.4, -0.2) is 249 Å². The van der Waals surface area contributed by atoms with Crippen LogP contribution in [0.25, 0.3) is 0 Å². The largest absolute Gasteiger partial charge is 0.394 e. The van der Waals surface area contributed by atoms with Gasteiger partial charge in [0.05, 0.1) is 211 Å². The molecule has 0 fully saturated rings. The predicted molar refractivity (Wildman–Crippen MR) is 201 cm³/mol. The van der Waals surface area contributed by atoms with E-state index in [2.05, 4.69) is 6.92 Å². The van der Waals surface area contributed by atoms with Crippen LogP contribution >= 0.6 is 0 Å². The highest BCUT2D eigenvalue weighted by atomic mass is 16.7. The Morgan fingerprint density at radius 3 is 0.607 bits per heavy atom. The van der Waals surface area contributed by atoms with Gasteiger partial charge in [0.2, 0.25) is 5.79 Å². The number of ether oxygens (including phenoxy) is 15. The lowest BCUT2D eigenvalue weighted by atomic mass is 10.3. The molecule has 20 nitrogen and oxygen atoms in total. The molecule has 20 heteroatoms. The molecule has 0 atom stereocenters. The first-order valence-electron chi connectivity index (χ1n) is 19.5. The quantitative estimate of drug-likeness (QED) is 0.0339. The van der Waals surface area contributed by atoms with Crippen molar-refractivity contribution >= 4 is 0 Å². The molecule has 0 saturated carbocycles. The van der Waals surface area contributed by atoms with Crippen molar-refractivity contribution in [2.75, 3.05) is 218 Å². The third kappa shape index (κ3) is 47.6. The molecule has 0 aromatic rings. The van der Waals surface area contributed by atoms with Crippen LogP contribution in [-0.2, 0) is 71.1 Å². The van der Waals surface area contributed by atoms with Crippen molar-refractivity contribution in [1.82, 2.24) is 0 Å². The monoisotopic (exact) mass is 828 g/mol. The lowest BCUT2D eigenvalue weighted by molar-refractivity contribution is -0.277. The number of aliphatic hydroxyl groups is 5. The molecule has 0 unspecified atom stereocenters. The Kier molecular flexibility index (Phi) is 53.4. The first kappa shape index (κ1) is 57.3. The fourth-order valence-corrected chi connectivity index (χ4v) is 3.69. The van der Waals surface area contributed by atoms with Gasteiger partial charge in [-0.2, -0.15) is 0 Å². The van der Waals surface area contributed by atoms with Gasteiger partial charge in [0.25, 0.3) is 0 Å². The minimum Gasteiger partial charge on any atom is -0.394 e. The van der Waals surface area contributed by atoms with E-state index in [-0.39, 0.29) is 46.2 Å². The molecule has 56 heavy (non-hydrogen) atoms. The van der Waals surface area contributed by atoms with Gasteiger partial charge >= 0.3 is 0 Å². The highest BCUT2D eigenvalue weighted by Gasteiger charge is 2.30. The summed E-state index contributed by atoms with van der Waals surface area (Å²) in [7, 11) is 0. The van der Waals surface area contributed by atoms with E-state index in [1.165, 1.54) is 0 Å². The first-order chi connectivity index (χ1) is 27.7. The van der Waals surface area contributed by atoms with Gasteiger partial charge in [-0.3, -0.25) is 0 Å². The molecule has 340 valence electrons. The maximum absolute atomic E-state index is 9.59. The van der Waals surface area contributed by atoms with Gasteiger partial charge in [-0.15, -0.1) is 0 Å². The lowest BCUT2D eigenvalue weighted by Gasteiger charge is -2.30. The van der Waals surface area contributed by atoms with Crippen LogP contribution in [0.5, 0.6) is 0 Å². The minimum atomic E-state index is -1.53. The van der Waals surface area contributed by atoms with Crippen LogP contribution in [0.15, 0.2) is 0 Å². The smallest absolute Gasteiger partial charge is 0.215 e. The molecule has 0 amide bonds. The highest BCUT2D eigenvalue weighted by Crippen LogP contribution is 2.12. The van der Waals surface area contributed by atoms with E-state index in [1.54, 1.807) is 0 Å². The Bertz CT molecular complexity index is 633. The molecule has 0 saturated heterocycles. The van der Waals surface area contributed by atoms with Crippen LogP contribution in [0.1, 0.15) is 13.3 Å². The molecule has 0 spiro atoms. The number of hydrogen-bond donors (Lipinski definition) is 5. The molecule has 0 aliphatic carbocycles. The maximum atomic E-state index is 9.59. The number of hydrogen-bond acceptors (Lipinski definition) is 20. The summed E-state index contributed by atoms with van der Waals surface area (Å²) in [6.07, 6.45) is 1.04. The molecule has 0 rings (SSSR count). The summed E-state index contributed by atoms with van der Waals surface area (Å²) < 4.78 is 79.4. The third-order valence-corrected chi connectivity index (χ3v) is 6.44. The minimum absolute atomic E-state index is 0.00248. The summed E-state index contributed by atoms with van der Waals surface area (Å²) in [4.78, 5) is 0. The van der Waals surface area contributed by atoms with Crippen LogP contribution in [0.3, 0.4) is 0 Å². The van der Waals surface area contributed by atoms with E-state index in [0.717, 1.165) is 13.0 Å². The zero-order chi connectivity index (χ0) is 41.1. The fourth-order valence-electron chi connectivity index (χ4n) is 3.69. The van der Waals surface area contributed by atoms with E-state index in [9.17, 15) is 10.2 Å². The van der Waals surface area contributed by atoms with Crippen LogP contribution in [0, 0.1) is 0 Å². The van der Waals surface area contributed by atoms with Crippen molar-refractivity contribution in [3.8, 4) is 0 Å². The summed E-state index contributed by atoms with van der Waals surface area (Å²) in [6, 6.07) is 0. The van der Waals surface area contributed by atoms with Gasteiger partial charge in [0.15, 0.2) is 0 Å². The third-order valence-electron chi connectivity index (χ3n) is 6.44. The second-order valence-electron chi connectivity index (χ2n) is 11.1. The molecule has 5 N–H and O–H groups in total. The second-order valence-corrected chi connectivity index (χ2v) is 11.1. The van der Waals surface area contributed by atoms with E-state index in [0.29, 0.717) is 152 Å². The Morgan fingerprint density at radius 2 is 0.429 bits per heavy atom. The standard InChI is InChI=1S/C23H48O14.C13H28O6/c24-1-3-28-5-7-30-9-11-32-13-15-34-17-19-36-23(21-26,22-27)37-20-18-35-16-14-33-12-10-31-8-6-29-4-2-25;1-2-4-15-6-8-17-10-12-19-13-11-18-9-7-16-5-3-14/h24-27H,1-22H2;14H,2-13H2,1H3. The maximum Gasteiger partial charge on any atom is 0.215 e. The van der Waals surface area contributed by atoms with Crippen molar-refractivity contribution < 1.29 is 96.6 Å². The molecule has 0 aliphatic heterocycles. The summed E-state index contributed by atoms with van der Waals surface area (Å²) in [5.74, 6) is -1.53. The van der Waals surface area contributed by atoms with Gasteiger partial charge in [-0.05, 0) is 6.42 Å². The second kappa shape index (κ2) is 52.2. The molecular formula is C36H76O20. The zero-order valence-electron chi connectivity index (χ0n) is 33.9. The molecule has 0 aliphatic rings. The molecule has 0 heterocycles. The van der Waals surface area contributed by atoms with Crippen molar-refractivity contribution in [2.24, 2.45) is 0 Å². The van der Waals surface area contributed by atoms with Gasteiger partial charge < -0.3 is 96.6 Å². The molecule has 0 bridgehead atoms. The van der Waals surface area contributed by atoms with Crippen LogP contribution in [0.4, 0.5) is 0 Å². The zero-order valence-corrected chi connectivity index (χ0v) is 33.9. The first-order valence-corrected chi connectivity index (χ1v) is 19.5. The van der Waals surface area contributed by atoms with Crippen LogP contribution in [0.2, 0.25) is 0 Å². The topological polar surface area (TPSA) is 240 Å². The summed E-state index contributed by atoms with van der Waals surface area (Å²) in [5, 5.41) is 44.8. The Morgan fingerprint density at radius 1 is 0.250 bits per heavy atom. The van der Waals surface area contributed by atoms with E-state index < -0.39 is 19.0 Å². The highest BCUT2D eigenvalue weighted by molar-refractivity contribution is 4.67. The Hall–Kier alpha value is -0.800. The fraction of sp³-hybridized carbons (Fsp3) is 1.00. The van der Waals surface area contributed by atoms with Crippen molar-refractivity contribution in [2.45, 2.75) is 19.1 Å². The molecular weight excluding hydrogens is 752 g/mol. The van der Waals surface area contributed by atoms with Crippen molar-refractivity contribution in [3.05, 3.63) is 0 Å². The SMILES string of the molecule is CCCOCCOCCOCCOCCOCCO.OCCOCCOCCOCCOCCOC(CO)(CO)OCCOCCOCCOCCOCCO. The van der Waals surface area contributed by atoms with E-state index in [4.69, 9.17) is 86.4 Å². The van der Waals surface area contributed by atoms with E-state index in [1.807, 2.05) is 0 Å². The van der Waals surface area contributed by atoms with E-state index >= 15 is 0 Å². The van der Waals surface area contributed by atoms with Gasteiger partial charge in [-0.25, -0.2) is 0 Å². The average Bonchev–Trinajstić information content (AvgIpc) is 3.22. The van der Waals surface area contributed by atoms with Gasteiger partial charge in [0.1, 0.15) is 0 Å². The van der Waals surface area contributed by atoms with Gasteiger partial charge in [-0.1, -0.05) is 6.92 Å². The summed E-state index contributed by atoms with van der Waals surface area (Å²) in [6.45, 7) is 13.0. The number of aliphatic hydroxyl groups excluding tert-OH is 5.